The van der Waals surface area contributed by atoms with Crippen molar-refractivity contribution in [3.8, 4) is 11.1 Å². The zero-order chi connectivity index (χ0) is 29.1. The van der Waals surface area contributed by atoms with Gasteiger partial charge in [0.1, 0.15) is 12.1 Å². The number of carbonyl (C=O) groups excluding carboxylic acids is 1. The molecule has 216 valence electrons. The van der Waals surface area contributed by atoms with E-state index < -0.39 is 16.1 Å². The molecule has 14 heteroatoms. The van der Waals surface area contributed by atoms with Crippen LogP contribution in [-0.4, -0.2) is 89.5 Å². The van der Waals surface area contributed by atoms with Gasteiger partial charge in [-0.15, -0.1) is 0 Å². The molecule has 0 aliphatic carbocycles. The number of carbonyl (C=O) groups is 1. The normalized spacial score (nSPS) is 15.5. The fourth-order valence-corrected chi connectivity index (χ4v) is 7.77. The van der Waals surface area contributed by atoms with Gasteiger partial charge in [-0.1, -0.05) is 29.5 Å². The second-order valence-electron chi connectivity index (χ2n) is 9.87. The predicted octanol–water partition coefficient (Wildman–Crippen LogP) is 3.75. The molecule has 1 atom stereocenters. The van der Waals surface area contributed by atoms with E-state index in [1.54, 1.807) is 13.3 Å². The number of piperazine rings is 1. The van der Waals surface area contributed by atoms with Crippen molar-refractivity contribution >= 4 is 49.3 Å². The van der Waals surface area contributed by atoms with Crippen molar-refractivity contribution in [1.82, 2.24) is 29.1 Å². The minimum absolute atomic E-state index is 0.0525. The standard InChI is InChI=1S/C27H32N8O4S2/c1-17-8-9-20(14-28-17)21-6-5-7-22-23(21)29-16-30-24(22)31-18(2)15-34-10-12-35(13-11-34)41(37,38)25-19(3)32-26(40-25)33-27(36)39-4/h5-9,14,16,18H,10-13,15H2,1-4H3,(H,29,30,31)(H,32,33,36)/t18-/m0/s1. The second-order valence-corrected chi connectivity index (χ2v) is 13.0. The molecular formula is C27H32N8O4S2. The number of rotatable bonds is 8. The highest BCUT2D eigenvalue weighted by atomic mass is 32.2. The number of thiazole rings is 1. The molecule has 1 fully saturated rings. The summed E-state index contributed by atoms with van der Waals surface area (Å²) in [6.45, 7) is 8.27. The number of pyridine rings is 1. The van der Waals surface area contributed by atoms with Gasteiger partial charge >= 0.3 is 6.09 Å². The first-order chi connectivity index (χ1) is 19.7. The number of methoxy groups -OCH3 is 1. The molecule has 3 aromatic heterocycles. The van der Waals surface area contributed by atoms with Gasteiger partial charge in [0.05, 0.1) is 18.3 Å². The molecule has 1 amide bonds. The van der Waals surface area contributed by atoms with Gasteiger partial charge in [0.2, 0.25) is 0 Å². The van der Waals surface area contributed by atoms with E-state index in [4.69, 9.17) is 0 Å². The topological polar surface area (TPSA) is 143 Å². The number of para-hydroxylation sites is 1. The summed E-state index contributed by atoms with van der Waals surface area (Å²) in [6.07, 6.45) is 2.73. The van der Waals surface area contributed by atoms with Crippen molar-refractivity contribution in [2.45, 2.75) is 31.0 Å². The molecule has 4 aromatic rings. The predicted molar refractivity (Wildman–Crippen MR) is 159 cm³/mol. The molecule has 5 rings (SSSR count). The van der Waals surface area contributed by atoms with Crippen LogP contribution in [-0.2, 0) is 14.8 Å². The molecule has 41 heavy (non-hydrogen) atoms. The van der Waals surface area contributed by atoms with Crippen molar-refractivity contribution in [2.24, 2.45) is 0 Å². The number of sulfonamides is 1. The number of ether oxygens (including phenoxy) is 1. The SMILES string of the molecule is COC(=O)Nc1nc(C)c(S(=O)(=O)N2CCN(C[C@H](C)Nc3ncnc4c(-c5ccc(C)nc5)cccc34)CC2)s1. The molecule has 0 unspecified atom stereocenters. The van der Waals surface area contributed by atoms with E-state index in [2.05, 4.69) is 47.1 Å². The summed E-state index contributed by atoms with van der Waals surface area (Å²) < 4.78 is 32.8. The van der Waals surface area contributed by atoms with Crippen LogP contribution in [0.2, 0.25) is 0 Å². The van der Waals surface area contributed by atoms with Gasteiger partial charge < -0.3 is 10.1 Å². The average Bonchev–Trinajstić information content (AvgIpc) is 3.34. The number of benzene rings is 1. The highest BCUT2D eigenvalue weighted by molar-refractivity contribution is 7.91. The van der Waals surface area contributed by atoms with E-state index in [9.17, 15) is 13.2 Å². The summed E-state index contributed by atoms with van der Waals surface area (Å²) in [7, 11) is -2.50. The Labute approximate surface area is 242 Å². The molecular weight excluding hydrogens is 564 g/mol. The fourth-order valence-electron chi connectivity index (χ4n) is 4.81. The Hall–Kier alpha value is -3.72. The first kappa shape index (κ1) is 28.8. The summed E-state index contributed by atoms with van der Waals surface area (Å²) in [5.74, 6) is 0.752. The summed E-state index contributed by atoms with van der Waals surface area (Å²) >= 11 is 0.926. The monoisotopic (exact) mass is 596 g/mol. The Kier molecular flexibility index (Phi) is 8.45. The minimum atomic E-state index is -3.74. The lowest BCUT2D eigenvalue weighted by Gasteiger charge is -2.35. The highest BCUT2D eigenvalue weighted by Gasteiger charge is 2.32. The Morgan fingerprint density at radius 3 is 2.59 bits per heavy atom. The first-order valence-corrected chi connectivity index (χ1v) is 15.4. The Morgan fingerprint density at radius 1 is 1.10 bits per heavy atom. The number of hydrogen-bond donors (Lipinski definition) is 2. The molecule has 1 aliphatic rings. The molecule has 1 aromatic carbocycles. The number of aryl methyl sites for hydroxylation is 2. The van der Waals surface area contributed by atoms with Gasteiger partial charge in [-0.2, -0.15) is 4.31 Å². The average molecular weight is 597 g/mol. The lowest BCUT2D eigenvalue weighted by molar-refractivity contribution is 0.184. The van der Waals surface area contributed by atoms with Gasteiger partial charge in [0.15, 0.2) is 9.34 Å². The number of hydrogen-bond acceptors (Lipinski definition) is 11. The van der Waals surface area contributed by atoms with Gasteiger partial charge in [0, 0.05) is 67.2 Å². The third-order valence-corrected chi connectivity index (χ3v) is 10.4. The van der Waals surface area contributed by atoms with Crippen LogP contribution >= 0.6 is 11.3 Å². The number of fused-ring (bicyclic) bond motifs is 1. The third kappa shape index (κ3) is 6.30. The molecule has 0 bridgehead atoms. The van der Waals surface area contributed by atoms with Gasteiger partial charge in [-0.25, -0.2) is 28.2 Å². The minimum Gasteiger partial charge on any atom is -0.453 e. The van der Waals surface area contributed by atoms with E-state index in [0.29, 0.717) is 38.4 Å². The van der Waals surface area contributed by atoms with Crippen LogP contribution in [0.4, 0.5) is 15.7 Å². The van der Waals surface area contributed by atoms with Crippen LogP contribution < -0.4 is 10.6 Å². The number of aromatic nitrogens is 4. The Morgan fingerprint density at radius 2 is 1.88 bits per heavy atom. The van der Waals surface area contributed by atoms with E-state index >= 15 is 0 Å². The second kappa shape index (κ2) is 12.0. The van der Waals surface area contributed by atoms with Crippen LogP contribution in [0.1, 0.15) is 18.3 Å². The Balaban J connectivity index is 1.22. The van der Waals surface area contributed by atoms with Crippen molar-refractivity contribution < 1.29 is 17.9 Å². The summed E-state index contributed by atoms with van der Waals surface area (Å²) in [5.41, 5.74) is 4.15. The van der Waals surface area contributed by atoms with E-state index in [1.807, 2.05) is 43.5 Å². The number of nitrogens with one attached hydrogen (secondary N) is 2. The molecule has 1 saturated heterocycles. The maximum Gasteiger partial charge on any atom is 0.413 e. The Bertz CT molecular complexity index is 1650. The number of anilines is 2. The number of amides is 1. The van der Waals surface area contributed by atoms with Crippen LogP contribution in [0.5, 0.6) is 0 Å². The van der Waals surface area contributed by atoms with Gasteiger partial charge in [0.25, 0.3) is 10.0 Å². The summed E-state index contributed by atoms with van der Waals surface area (Å²) in [5, 5.41) is 7.08. The molecule has 12 nitrogen and oxygen atoms in total. The number of nitrogens with zero attached hydrogens (tertiary/aromatic N) is 6. The van der Waals surface area contributed by atoms with Crippen molar-refractivity contribution in [1.29, 1.82) is 0 Å². The van der Waals surface area contributed by atoms with Crippen molar-refractivity contribution in [2.75, 3.05) is 50.5 Å². The van der Waals surface area contributed by atoms with Crippen molar-refractivity contribution in [3.05, 3.63) is 54.2 Å². The van der Waals surface area contributed by atoms with Crippen LogP contribution in [0.3, 0.4) is 0 Å². The molecule has 0 saturated carbocycles. The van der Waals surface area contributed by atoms with Gasteiger partial charge in [-0.05, 0) is 32.9 Å². The lowest BCUT2D eigenvalue weighted by Crippen LogP contribution is -2.50. The zero-order valence-corrected chi connectivity index (χ0v) is 24.9. The quantitative estimate of drug-likeness (QED) is 0.309. The first-order valence-electron chi connectivity index (χ1n) is 13.1. The fraction of sp³-hybridized carbons (Fsp3) is 0.370. The third-order valence-electron chi connectivity index (χ3n) is 6.86. The van der Waals surface area contributed by atoms with E-state index in [-0.39, 0.29) is 15.4 Å². The van der Waals surface area contributed by atoms with Crippen LogP contribution in [0.25, 0.3) is 22.0 Å². The largest absolute Gasteiger partial charge is 0.453 e. The highest BCUT2D eigenvalue weighted by Crippen LogP contribution is 2.31. The van der Waals surface area contributed by atoms with Crippen LogP contribution in [0.15, 0.2) is 47.1 Å². The summed E-state index contributed by atoms with van der Waals surface area (Å²) in [6, 6.07) is 10.1. The van der Waals surface area contributed by atoms with Gasteiger partial charge in [-0.3, -0.25) is 15.2 Å². The molecule has 4 heterocycles. The smallest absolute Gasteiger partial charge is 0.413 e. The van der Waals surface area contributed by atoms with E-state index in [0.717, 1.165) is 44.9 Å². The molecule has 0 spiro atoms. The van der Waals surface area contributed by atoms with Crippen LogP contribution in [0, 0.1) is 13.8 Å². The van der Waals surface area contributed by atoms with E-state index in [1.165, 1.54) is 11.4 Å². The maximum absolute atomic E-state index is 13.3. The maximum atomic E-state index is 13.3. The summed E-state index contributed by atoms with van der Waals surface area (Å²) in [4.78, 5) is 31.4. The molecule has 2 N–H and O–H groups in total. The molecule has 1 aliphatic heterocycles. The molecule has 0 radical (unpaired) electrons. The lowest BCUT2D eigenvalue weighted by atomic mass is 10.0. The zero-order valence-electron chi connectivity index (χ0n) is 23.3. The van der Waals surface area contributed by atoms with Crippen molar-refractivity contribution in [3.63, 3.8) is 0 Å².